The molecular formula is C20H19ClN4O. The first-order valence-electron chi connectivity index (χ1n) is 8.75. The highest BCUT2D eigenvalue weighted by atomic mass is 35.5. The predicted octanol–water partition coefficient (Wildman–Crippen LogP) is 3.24. The Morgan fingerprint density at radius 1 is 1.31 bits per heavy atom. The summed E-state index contributed by atoms with van der Waals surface area (Å²) < 4.78 is 1.55. The van der Waals surface area contributed by atoms with E-state index in [0.717, 1.165) is 48.6 Å². The lowest BCUT2D eigenvalue weighted by Gasteiger charge is -2.27. The molecule has 26 heavy (non-hydrogen) atoms. The molecule has 0 spiro atoms. The van der Waals surface area contributed by atoms with Crippen molar-refractivity contribution in [2.45, 2.75) is 25.8 Å². The number of benzene rings is 1. The van der Waals surface area contributed by atoms with Gasteiger partial charge in [0.15, 0.2) is 0 Å². The Labute approximate surface area is 156 Å². The number of halogens is 1. The highest BCUT2D eigenvalue weighted by Gasteiger charge is 2.23. The molecule has 2 heterocycles. The molecule has 1 aromatic carbocycles. The molecule has 5 nitrogen and oxygen atoms in total. The van der Waals surface area contributed by atoms with E-state index in [2.05, 4.69) is 28.2 Å². The summed E-state index contributed by atoms with van der Waals surface area (Å²) in [7, 11) is 0. The van der Waals surface area contributed by atoms with Gasteiger partial charge in [-0.2, -0.15) is 5.26 Å². The van der Waals surface area contributed by atoms with Crippen LogP contribution < -0.4 is 5.56 Å². The van der Waals surface area contributed by atoms with Crippen molar-refractivity contribution in [1.82, 2.24) is 14.7 Å². The van der Waals surface area contributed by atoms with Gasteiger partial charge in [0, 0.05) is 30.2 Å². The van der Waals surface area contributed by atoms with Crippen LogP contribution in [-0.2, 0) is 13.0 Å². The minimum absolute atomic E-state index is 0.0189. The van der Waals surface area contributed by atoms with E-state index in [9.17, 15) is 4.79 Å². The summed E-state index contributed by atoms with van der Waals surface area (Å²) in [6.45, 7) is 2.40. The van der Waals surface area contributed by atoms with Crippen LogP contribution >= 0.6 is 11.6 Å². The molecule has 0 bridgehead atoms. The molecule has 0 unspecified atom stereocenters. The lowest BCUT2D eigenvalue weighted by Crippen LogP contribution is -2.33. The van der Waals surface area contributed by atoms with Crippen molar-refractivity contribution < 1.29 is 0 Å². The van der Waals surface area contributed by atoms with Gasteiger partial charge in [-0.15, -0.1) is 0 Å². The maximum Gasteiger partial charge on any atom is 0.274 e. The van der Waals surface area contributed by atoms with Crippen LogP contribution in [0.15, 0.2) is 51.8 Å². The maximum atomic E-state index is 12.7. The summed E-state index contributed by atoms with van der Waals surface area (Å²) in [5.74, 6) is 0. The number of nitrogens with zero attached hydrogens (tertiary/aromatic N) is 3. The Kier molecular flexibility index (Phi) is 4.54. The van der Waals surface area contributed by atoms with Crippen molar-refractivity contribution in [3.8, 4) is 11.8 Å². The SMILES string of the molecule is N#Cc1cccc(-n2[nH]c3c(c2=O)CCN(CC2=CCCC(Cl)=C2)C3)c1. The third kappa shape index (κ3) is 3.26. The largest absolute Gasteiger partial charge is 0.293 e. The summed E-state index contributed by atoms with van der Waals surface area (Å²) in [5, 5.41) is 13.2. The molecular weight excluding hydrogens is 348 g/mol. The van der Waals surface area contributed by atoms with Crippen LogP contribution in [0.3, 0.4) is 0 Å². The summed E-state index contributed by atoms with van der Waals surface area (Å²) >= 11 is 6.15. The fourth-order valence-electron chi connectivity index (χ4n) is 3.61. The van der Waals surface area contributed by atoms with Crippen molar-refractivity contribution in [2.75, 3.05) is 13.1 Å². The molecule has 6 heteroatoms. The first-order chi connectivity index (χ1) is 12.6. The fourth-order valence-corrected chi connectivity index (χ4v) is 3.86. The van der Waals surface area contributed by atoms with E-state index in [1.165, 1.54) is 5.57 Å². The molecule has 2 aliphatic rings. The van der Waals surface area contributed by atoms with Crippen LogP contribution in [0, 0.1) is 11.3 Å². The minimum atomic E-state index is -0.0189. The van der Waals surface area contributed by atoms with E-state index >= 15 is 0 Å². The van der Waals surface area contributed by atoms with Gasteiger partial charge in [-0.3, -0.25) is 14.8 Å². The van der Waals surface area contributed by atoms with Gasteiger partial charge >= 0.3 is 0 Å². The van der Waals surface area contributed by atoms with Crippen molar-refractivity contribution in [3.63, 3.8) is 0 Å². The molecule has 0 saturated carbocycles. The van der Waals surface area contributed by atoms with E-state index in [1.807, 2.05) is 6.07 Å². The quantitative estimate of drug-likeness (QED) is 0.906. The van der Waals surface area contributed by atoms with Gasteiger partial charge in [0.1, 0.15) is 0 Å². The fraction of sp³-hybridized carbons (Fsp3) is 0.300. The van der Waals surface area contributed by atoms with E-state index in [4.69, 9.17) is 16.9 Å². The second-order valence-corrected chi connectivity index (χ2v) is 7.23. The molecule has 4 rings (SSSR count). The van der Waals surface area contributed by atoms with E-state index in [0.29, 0.717) is 17.8 Å². The summed E-state index contributed by atoms with van der Waals surface area (Å²) in [6.07, 6.45) is 6.93. The van der Waals surface area contributed by atoms with Gasteiger partial charge in [0.2, 0.25) is 0 Å². The van der Waals surface area contributed by atoms with E-state index in [-0.39, 0.29) is 5.56 Å². The minimum Gasteiger partial charge on any atom is -0.293 e. The van der Waals surface area contributed by atoms with Gasteiger partial charge in [-0.25, -0.2) is 4.68 Å². The maximum absolute atomic E-state index is 12.7. The molecule has 0 fully saturated rings. The summed E-state index contributed by atoms with van der Waals surface area (Å²) in [5.41, 5.74) is 4.25. The van der Waals surface area contributed by atoms with Crippen LogP contribution in [0.4, 0.5) is 0 Å². The molecule has 132 valence electrons. The molecule has 1 aliphatic carbocycles. The average molecular weight is 367 g/mol. The summed E-state index contributed by atoms with van der Waals surface area (Å²) in [4.78, 5) is 15.1. The Balaban J connectivity index is 1.58. The van der Waals surface area contributed by atoms with Gasteiger partial charge in [-0.05, 0) is 49.1 Å². The van der Waals surface area contributed by atoms with Gasteiger partial charge < -0.3 is 0 Å². The first-order valence-corrected chi connectivity index (χ1v) is 9.12. The average Bonchev–Trinajstić information content (AvgIpc) is 2.98. The number of nitrogens with one attached hydrogen (secondary N) is 1. The number of hydrogen-bond donors (Lipinski definition) is 1. The number of nitriles is 1. The molecule has 1 N–H and O–H groups in total. The van der Waals surface area contributed by atoms with Crippen LogP contribution in [0.5, 0.6) is 0 Å². The Hall–Kier alpha value is -2.55. The van der Waals surface area contributed by atoms with Crippen LogP contribution in [0.25, 0.3) is 5.69 Å². The normalized spacial score (nSPS) is 17.2. The van der Waals surface area contributed by atoms with Gasteiger partial charge in [0.05, 0.1) is 23.0 Å². The topological polar surface area (TPSA) is 64.8 Å². The number of allylic oxidation sites excluding steroid dienone is 2. The van der Waals surface area contributed by atoms with E-state index in [1.54, 1.807) is 22.9 Å². The number of aromatic nitrogens is 2. The zero-order valence-electron chi connectivity index (χ0n) is 14.3. The number of fused-ring (bicyclic) bond motifs is 1. The zero-order valence-corrected chi connectivity index (χ0v) is 15.1. The lowest BCUT2D eigenvalue weighted by atomic mass is 10.0. The highest BCUT2D eigenvalue weighted by Crippen LogP contribution is 2.23. The highest BCUT2D eigenvalue weighted by molar-refractivity contribution is 6.29. The van der Waals surface area contributed by atoms with Crippen molar-refractivity contribution in [2.24, 2.45) is 0 Å². The number of rotatable bonds is 3. The lowest BCUT2D eigenvalue weighted by molar-refractivity contribution is 0.273. The number of H-pyrrole nitrogens is 1. The Bertz CT molecular complexity index is 1010. The Morgan fingerprint density at radius 3 is 3.00 bits per heavy atom. The van der Waals surface area contributed by atoms with Gasteiger partial charge in [0.25, 0.3) is 5.56 Å². The third-order valence-corrected chi connectivity index (χ3v) is 5.20. The molecule has 1 aliphatic heterocycles. The summed E-state index contributed by atoms with van der Waals surface area (Å²) in [6, 6.07) is 9.19. The standard InChI is InChI=1S/C20H19ClN4O/c21-16-5-1-4-15(9-16)12-24-8-7-18-19(13-24)23-25(20(18)26)17-6-2-3-14(10-17)11-22/h2-4,6,9-10,23H,1,5,7-8,12-13H2. The third-order valence-electron chi connectivity index (χ3n) is 4.90. The number of hydrogen-bond acceptors (Lipinski definition) is 3. The van der Waals surface area contributed by atoms with Crippen molar-refractivity contribution in [1.29, 1.82) is 5.26 Å². The molecule has 0 amide bonds. The molecule has 0 saturated heterocycles. The molecule has 0 atom stereocenters. The van der Waals surface area contributed by atoms with Gasteiger partial charge in [-0.1, -0.05) is 23.7 Å². The smallest absolute Gasteiger partial charge is 0.274 e. The van der Waals surface area contributed by atoms with E-state index < -0.39 is 0 Å². The zero-order chi connectivity index (χ0) is 18.1. The predicted molar refractivity (Wildman–Crippen MR) is 101 cm³/mol. The van der Waals surface area contributed by atoms with Crippen LogP contribution in [-0.4, -0.2) is 27.8 Å². The van der Waals surface area contributed by atoms with Crippen molar-refractivity contribution in [3.05, 3.63) is 74.2 Å². The first kappa shape index (κ1) is 16.9. The van der Waals surface area contributed by atoms with Crippen LogP contribution in [0.1, 0.15) is 29.7 Å². The second kappa shape index (κ2) is 6.99. The molecule has 2 aromatic rings. The number of aromatic amines is 1. The second-order valence-electron chi connectivity index (χ2n) is 6.74. The molecule has 1 aromatic heterocycles. The van der Waals surface area contributed by atoms with Crippen LogP contribution in [0.2, 0.25) is 0 Å². The molecule has 0 radical (unpaired) electrons. The Morgan fingerprint density at radius 2 is 2.19 bits per heavy atom. The van der Waals surface area contributed by atoms with Crippen molar-refractivity contribution >= 4 is 11.6 Å². The monoisotopic (exact) mass is 366 g/mol.